The molecule has 0 radical (unpaired) electrons. The largest absolute Gasteiger partial charge is 0.475 e. The molecule has 71 heavy (non-hydrogen) atoms. The second kappa shape index (κ2) is 51.0. The number of nitrogens with two attached hydrogens (primary N) is 1. The number of unbranched alkanes of at least 4 members (excludes halogenated alkanes) is 28. The van der Waals surface area contributed by atoms with Crippen molar-refractivity contribution in [3.63, 3.8) is 0 Å². The van der Waals surface area contributed by atoms with Gasteiger partial charge in [-0.25, -0.2) is 4.99 Å². The highest BCUT2D eigenvalue weighted by Gasteiger charge is 2.21. The summed E-state index contributed by atoms with van der Waals surface area (Å²) < 4.78 is 29.0. The van der Waals surface area contributed by atoms with Crippen LogP contribution in [-0.2, 0) is 33.3 Å². The van der Waals surface area contributed by atoms with Crippen LogP contribution in [0.3, 0.4) is 0 Å². The Bertz CT molecular complexity index is 1330. The van der Waals surface area contributed by atoms with Crippen LogP contribution in [0.4, 0.5) is 0 Å². The average molecular weight is 1000 g/mol. The van der Waals surface area contributed by atoms with Gasteiger partial charge in [-0.2, -0.15) is 0 Å². The lowest BCUT2D eigenvalue weighted by atomic mass is 10.0. The Morgan fingerprint density at radius 2 is 0.930 bits per heavy atom. The second-order valence-electron chi connectivity index (χ2n) is 20.6. The molecule has 2 rings (SSSR count). The van der Waals surface area contributed by atoms with Gasteiger partial charge in [-0.3, -0.25) is 9.59 Å². The third-order valence-electron chi connectivity index (χ3n) is 13.6. The Kier molecular flexibility index (Phi) is 47.7. The van der Waals surface area contributed by atoms with Crippen LogP contribution in [0.5, 0.6) is 0 Å². The van der Waals surface area contributed by atoms with Gasteiger partial charge in [0.1, 0.15) is 24.9 Å². The van der Waals surface area contributed by atoms with E-state index < -0.39 is 0 Å². The maximum Gasteiger partial charge on any atom is 0.306 e. The van der Waals surface area contributed by atoms with Crippen molar-refractivity contribution < 1.29 is 38.4 Å². The topological polar surface area (TPSA) is 139 Å². The number of benzene rings is 1. The third kappa shape index (κ3) is 42.5. The molecule has 0 fully saturated rings. The van der Waals surface area contributed by atoms with Crippen molar-refractivity contribution in [3.8, 4) is 0 Å². The predicted octanol–water partition coefficient (Wildman–Crippen LogP) is 15.9. The molecule has 3 N–H and O–H groups in total. The third-order valence-corrected chi connectivity index (χ3v) is 13.6. The second-order valence-corrected chi connectivity index (χ2v) is 20.6. The first-order valence-electron chi connectivity index (χ1n) is 30.0. The summed E-state index contributed by atoms with van der Waals surface area (Å²) in [5.41, 5.74) is 6.67. The molecule has 1 aromatic carbocycles. The van der Waals surface area contributed by atoms with Crippen molar-refractivity contribution in [2.45, 2.75) is 296 Å². The number of aliphatic imine (C=N–C) groups is 1. The maximum absolute atomic E-state index is 12.6. The first-order chi connectivity index (χ1) is 34.9. The minimum Gasteiger partial charge on any atom is -0.475 e. The number of aliphatic hydroxyl groups is 1. The molecule has 10 nitrogen and oxygen atoms in total. The van der Waals surface area contributed by atoms with Gasteiger partial charge in [0.2, 0.25) is 5.90 Å². The van der Waals surface area contributed by atoms with Crippen LogP contribution in [0.2, 0.25) is 0 Å². The van der Waals surface area contributed by atoms with Crippen molar-refractivity contribution in [2.24, 2.45) is 10.7 Å². The van der Waals surface area contributed by atoms with Crippen LogP contribution in [0.15, 0.2) is 35.3 Å². The van der Waals surface area contributed by atoms with E-state index in [1.807, 2.05) is 30.3 Å². The van der Waals surface area contributed by atoms with Gasteiger partial charge >= 0.3 is 11.9 Å². The van der Waals surface area contributed by atoms with Crippen LogP contribution >= 0.6 is 0 Å². The maximum atomic E-state index is 12.6. The number of aliphatic hydroxyl groups excluding tert-OH is 1. The molecule has 0 unspecified atom stereocenters. The van der Waals surface area contributed by atoms with Gasteiger partial charge in [0.15, 0.2) is 0 Å². The Labute approximate surface area is 436 Å². The molecule has 0 saturated carbocycles. The zero-order chi connectivity index (χ0) is 51.5. The van der Waals surface area contributed by atoms with Crippen LogP contribution < -0.4 is 5.73 Å². The molecule has 1 aliphatic rings. The number of carbonyl (C=O) groups is 2. The molecule has 0 aromatic heterocycles. The fraction of sp³-hybridized carbons (Fsp3) is 0.852. The molecular weight excluding hydrogens is 889 g/mol. The number of ether oxygens (including phenoxy) is 5. The summed E-state index contributed by atoms with van der Waals surface area (Å²) in [5.74, 6) is 0.600. The highest BCUT2D eigenvalue weighted by Crippen LogP contribution is 2.19. The van der Waals surface area contributed by atoms with Gasteiger partial charge in [0.25, 0.3) is 0 Å². The number of hydrogen-bond donors (Lipinski definition) is 2. The summed E-state index contributed by atoms with van der Waals surface area (Å²) in [4.78, 5) is 29.6. The quantitative estimate of drug-likeness (QED) is 0.0482. The van der Waals surface area contributed by atoms with Gasteiger partial charge in [0.05, 0.1) is 39.1 Å². The lowest BCUT2D eigenvalue weighted by molar-refractivity contribution is -0.151. The molecule has 1 aromatic rings. The van der Waals surface area contributed by atoms with Gasteiger partial charge in [-0.15, -0.1) is 0 Å². The minimum absolute atomic E-state index is 0.0244. The molecule has 0 amide bonds. The Morgan fingerprint density at radius 3 is 1.34 bits per heavy atom. The summed E-state index contributed by atoms with van der Waals surface area (Å²) in [6.45, 7) is 11.4. The molecule has 0 saturated heterocycles. The van der Waals surface area contributed by atoms with E-state index in [2.05, 4.69) is 32.7 Å². The number of esters is 2. The van der Waals surface area contributed by atoms with Crippen molar-refractivity contribution in [1.29, 1.82) is 0 Å². The first kappa shape index (κ1) is 66.5. The van der Waals surface area contributed by atoms with E-state index >= 15 is 0 Å². The molecule has 10 heteroatoms. The van der Waals surface area contributed by atoms with Crippen molar-refractivity contribution in [1.82, 2.24) is 0 Å². The van der Waals surface area contributed by atoms with E-state index in [0.717, 1.165) is 63.4 Å². The molecule has 4 atom stereocenters. The van der Waals surface area contributed by atoms with Crippen LogP contribution in [0.25, 0.3) is 0 Å². The molecular formula is C61H112N2O8. The van der Waals surface area contributed by atoms with E-state index in [1.54, 1.807) is 0 Å². The molecule has 1 heterocycles. The standard InChI is InChI=1S/C34H57NO4.C27H55NO4/c1-3-5-7-9-10-11-12-13-14-16-21-25-33(36)39-32(24-20-15-8-6-4-2)26-27-37-28-31-29-38-34(35-31)30-22-18-17-19-23-30;1-3-5-7-9-10-11-12-13-14-16-18-20-27(30)32-26(19-17-15-8-6-4-2)21-22-31-24-25(28)23-29/h17-19,22-23,31-32H,3-16,20-21,24-29H2,1-2H3;25-26,29H,3-24,28H2,1-2H3/t31-,32-;25-,26+/m10/s1. The molecule has 0 aliphatic carbocycles. The van der Waals surface area contributed by atoms with Crippen LogP contribution in [-0.4, -0.2) is 86.9 Å². The Balaban J connectivity index is 0.000000726. The number of nitrogens with zero attached hydrogens (tertiary/aromatic N) is 1. The Morgan fingerprint density at radius 1 is 0.549 bits per heavy atom. The van der Waals surface area contributed by atoms with Gasteiger partial charge in [-0.05, 0) is 50.7 Å². The normalized spacial score (nSPS) is 14.6. The smallest absolute Gasteiger partial charge is 0.306 e. The number of carbonyl (C=O) groups excluding carboxylic acids is 2. The minimum atomic E-state index is -0.342. The fourth-order valence-electron chi connectivity index (χ4n) is 9.01. The van der Waals surface area contributed by atoms with Gasteiger partial charge in [0, 0.05) is 31.2 Å². The zero-order valence-corrected chi connectivity index (χ0v) is 46.6. The first-order valence-corrected chi connectivity index (χ1v) is 30.0. The van der Waals surface area contributed by atoms with Gasteiger partial charge in [-0.1, -0.05) is 226 Å². The van der Waals surface area contributed by atoms with E-state index in [1.165, 1.54) is 167 Å². The van der Waals surface area contributed by atoms with Crippen molar-refractivity contribution in [3.05, 3.63) is 35.9 Å². The SMILES string of the molecule is CCCCCCCCCCCCCC(=O)O[C@H](CCCCCCC)CCOC[C@@H](N)CO.CCCCCCCCCCCCCC(=O)O[C@H](CCCCCCC)CCOC[C@@H]1COC(c2ccccc2)=N1. The Hall–Kier alpha value is -2.53. The van der Waals surface area contributed by atoms with E-state index in [0.29, 0.717) is 58.2 Å². The number of hydrogen-bond acceptors (Lipinski definition) is 10. The molecule has 0 bridgehead atoms. The fourth-order valence-corrected chi connectivity index (χ4v) is 9.01. The van der Waals surface area contributed by atoms with E-state index in [4.69, 9.17) is 34.5 Å². The monoisotopic (exact) mass is 1000 g/mol. The van der Waals surface area contributed by atoms with Gasteiger partial charge < -0.3 is 34.5 Å². The predicted molar refractivity (Wildman–Crippen MR) is 297 cm³/mol. The van der Waals surface area contributed by atoms with Crippen LogP contribution in [0, 0.1) is 0 Å². The summed E-state index contributed by atoms with van der Waals surface area (Å²) in [5, 5.41) is 8.98. The molecule has 0 spiro atoms. The summed E-state index contributed by atoms with van der Waals surface area (Å²) in [6.07, 6.45) is 44.6. The van der Waals surface area contributed by atoms with Crippen molar-refractivity contribution >= 4 is 17.8 Å². The summed E-state index contributed by atoms with van der Waals surface area (Å²) >= 11 is 0. The molecule has 414 valence electrons. The summed E-state index contributed by atoms with van der Waals surface area (Å²) in [7, 11) is 0. The van der Waals surface area contributed by atoms with E-state index in [-0.39, 0.29) is 42.8 Å². The summed E-state index contributed by atoms with van der Waals surface area (Å²) in [6, 6.07) is 9.68. The van der Waals surface area contributed by atoms with Crippen molar-refractivity contribution in [2.75, 3.05) is 39.6 Å². The number of rotatable bonds is 50. The van der Waals surface area contributed by atoms with Crippen LogP contribution in [0.1, 0.15) is 277 Å². The highest BCUT2D eigenvalue weighted by molar-refractivity contribution is 5.95. The lowest BCUT2D eigenvalue weighted by Crippen LogP contribution is -2.30. The highest BCUT2D eigenvalue weighted by atomic mass is 16.6. The zero-order valence-electron chi connectivity index (χ0n) is 46.6. The molecule has 1 aliphatic heterocycles. The average Bonchev–Trinajstić information content (AvgIpc) is 3.86. The van der Waals surface area contributed by atoms with E-state index in [9.17, 15) is 9.59 Å². The lowest BCUT2D eigenvalue weighted by Gasteiger charge is -2.19.